The number of carbonyl (C=O) groups is 3. The summed E-state index contributed by atoms with van der Waals surface area (Å²) in [6, 6.07) is 0. The highest BCUT2D eigenvalue weighted by molar-refractivity contribution is 7.75. The van der Waals surface area contributed by atoms with Crippen LogP contribution in [0, 0.1) is 0 Å². The predicted octanol–water partition coefficient (Wildman–Crippen LogP) is 0.0693. The number of Topliss-reactive ketones (excluding diaryl/α,β-unsaturated/α-hetero) is 1. The largest absolute Gasteiger partial charge is 0.476 e. The fraction of sp³-hybridized carbons (Fsp3) is 0.625. The number of hydrazine groups is 1. The maximum atomic E-state index is 11.0. The van der Waals surface area contributed by atoms with Crippen molar-refractivity contribution in [2.24, 2.45) is 5.84 Å². The molecule has 0 rings (SSSR count). The quantitative estimate of drug-likeness (QED) is 0.107. The molecule has 0 aliphatic heterocycles. The van der Waals surface area contributed by atoms with Crippen LogP contribution in [0.2, 0.25) is 0 Å². The molecule has 0 aromatic rings. The number of hydrogen-bond donors (Lipinski definition) is 3. The number of ketones is 1. The highest BCUT2D eigenvalue weighted by Crippen LogP contribution is 2.05. The molecule has 16 heavy (non-hydrogen) atoms. The molecule has 0 spiro atoms. The average molecular weight is 250 g/mol. The Morgan fingerprint density at radius 3 is 2.25 bits per heavy atom. The van der Waals surface area contributed by atoms with Crippen molar-refractivity contribution >= 4 is 30.6 Å². The second-order valence-corrected chi connectivity index (χ2v) is 3.25. The molecule has 0 radical (unpaired) electrons. The summed E-state index contributed by atoms with van der Waals surface area (Å²) in [7, 11) is 0. The van der Waals surface area contributed by atoms with Crippen LogP contribution < -0.4 is 5.84 Å². The van der Waals surface area contributed by atoms with Crippen molar-refractivity contribution < 1.29 is 23.8 Å². The van der Waals surface area contributed by atoms with E-state index in [1.165, 1.54) is 0 Å². The smallest absolute Gasteiger partial charge is 0.372 e. The summed E-state index contributed by atoms with van der Waals surface area (Å²) >= 11 is 3.34. The second-order valence-electron chi connectivity index (χ2n) is 3.09. The molecule has 0 aliphatic rings. The number of hydroxylamine groups is 1. The van der Waals surface area contributed by atoms with Crippen molar-refractivity contribution in [1.29, 1.82) is 0 Å². The molecule has 0 aromatic heterocycles. The standard InChI is InChI=1S/C8H14N2O5S/c9-10(15-16)7(12)5-3-1-2-4-6(11)8(13)14/h16H,1-5,9H2,(H,13,14). The van der Waals surface area contributed by atoms with Gasteiger partial charge in [0.05, 0.1) is 0 Å². The molecule has 0 saturated carbocycles. The first kappa shape index (κ1) is 14.9. The molecule has 3 N–H and O–H groups in total. The van der Waals surface area contributed by atoms with Gasteiger partial charge in [0.2, 0.25) is 5.78 Å². The molecule has 8 heteroatoms. The molecule has 0 fully saturated rings. The van der Waals surface area contributed by atoms with Crippen molar-refractivity contribution in [1.82, 2.24) is 5.17 Å². The monoisotopic (exact) mass is 250 g/mol. The van der Waals surface area contributed by atoms with E-state index in [4.69, 9.17) is 10.9 Å². The fourth-order valence-electron chi connectivity index (χ4n) is 1.00. The number of rotatable bonds is 8. The molecule has 7 nitrogen and oxygen atoms in total. The van der Waals surface area contributed by atoms with Gasteiger partial charge >= 0.3 is 5.97 Å². The van der Waals surface area contributed by atoms with E-state index < -0.39 is 17.7 Å². The van der Waals surface area contributed by atoms with Crippen LogP contribution in [0.25, 0.3) is 0 Å². The van der Waals surface area contributed by atoms with E-state index in [1.807, 2.05) is 0 Å². The van der Waals surface area contributed by atoms with Crippen LogP contribution in [0.4, 0.5) is 0 Å². The Morgan fingerprint density at radius 1 is 1.19 bits per heavy atom. The Balaban J connectivity index is 3.51. The number of hydrogen-bond acceptors (Lipinski definition) is 6. The zero-order chi connectivity index (χ0) is 12.6. The third-order valence-corrected chi connectivity index (χ3v) is 2.04. The number of nitrogens with zero attached hydrogens (tertiary/aromatic N) is 1. The minimum atomic E-state index is -1.42. The van der Waals surface area contributed by atoms with Gasteiger partial charge in [0, 0.05) is 25.8 Å². The predicted molar refractivity (Wildman–Crippen MR) is 56.8 cm³/mol. The summed E-state index contributed by atoms with van der Waals surface area (Å²) in [4.78, 5) is 31.9. The van der Waals surface area contributed by atoms with Crippen LogP contribution in [0.5, 0.6) is 0 Å². The first-order valence-electron chi connectivity index (χ1n) is 4.64. The number of carbonyl (C=O) groups excluding carboxylic acids is 2. The normalized spacial score (nSPS) is 9.88. The van der Waals surface area contributed by atoms with E-state index in [0.717, 1.165) is 0 Å². The number of unbranched alkanes of at least 4 members (excludes halogenated alkanes) is 2. The Morgan fingerprint density at radius 2 is 1.75 bits per heavy atom. The molecule has 1 amide bonds. The van der Waals surface area contributed by atoms with Gasteiger partial charge in [0.15, 0.2) is 0 Å². The van der Waals surface area contributed by atoms with Gasteiger partial charge in [-0.3, -0.25) is 9.59 Å². The number of amides is 1. The Kier molecular flexibility index (Phi) is 7.52. The van der Waals surface area contributed by atoms with Gasteiger partial charge in [0.25, 0.3) is 5.91 Å². The van der Waals surface area contributed by atoms with Gasteiger partial charge in [-0.25, -0.2) is 10.6 Å². The third kappa shape index (κ3) is 6.38. The molecule has 0 heterocycles. The Labute approximate surface area is 98.1 Å². The fourth-order valence-corrected chi connectivity index (χ4v) is 1.09. The Bertz CT molecular complexity index is 271. The molecular formula is C8H14N2O5S. The summed E-state index contributed by atoms with van der Waals surface area (Å²) < 4.78 is 4.16. The average Bonchev–Trinajstić information content (AvgIpc) is 2.26. The minimum Gasteiger partial charge on any atom is -0.476 e. The Hall–Kier alpha value is -1.12. The van der Waals surface area contributed by atoms with Crippen molar-refractivity contribution in [2.45, 2.75) is 32.1 Å². The molecule has 0 aromatic carbocycles. The van der Waals surface area contributed by atoms with Crippen LogP contribution in [-0.4, -0.2) is 27.9 Å². The highest BCUT2D eigenvalue weighted by Gasteiger charge is 2.11. The van der Waals surface area contributed by atoms with Crippen LogP contribution in [0.15, 0.2) is 0 Å². The maximum Gasteiger partial charge on any atom is 0.372 e. The van der Waals surface area contributed by atoms with E-state index in [-0.39, 0.29) is 12.8 Å². The van der Waals surface area contributed by atoms with E-state index in [9.17, 15) is 14.4 Å². The van der Waals surface area contributed by atoms with Gasteiger partial charge in [0.1, 0.15) is 0 Å². The maximum absolute atomic E-state index is 11.0. The number of carboxylic acid groups (broad SMARTS) is 1. The third-order valence-electron chi connectivity index (χ3n) is 1.87. The zero-order valence-electron chi connectivity index (χ0n) is 8.59. The van der Waals surface area contributed by atoms with Gasteiger partial charge in [-0.05, 0) is 12.8 Å². The van der Waals surface area contributed by atoms with E-state index in [0.29, 0.717) is 24.4 Å². The summed E-state index contributed by atoms with van der Waals surface area (Å²) in [5.74, 6) is 2.40. The summed E-state index contributed by atoms with van der Waals surface area (Å²) in [5.41, 5.74) is 0. The summed E-state index contributed by atoms with van der Waals surface area (Å²) in [6.45, 7) is 0. The van der Waals surface area contributed by atoms with E-state index >= 15 is 0 Å². The second kappa shape index (κ2) is 8.08. The van der Waals surface area contributed by atoms with Crippen LogP contribution in [0.1, 0.15) is 32.1 Å². The van der Waals surface area contributed by atoms with Crippen molar-refractivity contribution in [3.05, 3.63) is 0 Å². The van der Waals surface area contributed by atoms with Crippen molar-refractivity contribution in [3.8, 4) is 0 Å². The number of thiol groups is 1. The molecule has 0 unspecified atom stereocenters. The number of carboxylic acids is 1. The SMILES string of the molecule is NN(OS)C(=O)CCCCCC(=O)C(=O)O. The van der Waals surface area contributed by atoms with E-state index in [2.05, 4.69) is 17.2 Å². The topological polar surface area (TPSA) is 110 Å². The molecule has 92 valence electrons. The lowest BCUT2D eigenvalue weighted by Gasteiger charge is -2.10. The summed E-state index contributed by atoms with van der Waals surface area (Å²) in [6.07, 6.45) is 1.67. The van der Waals surface area contributed by atoms with Gasteiger partial charge in [-0.1, -0.05) is 6.42 Å². The molecule has 0 aliphatic carbocycles. The zero-order valence-corrected chi connectivity index (χ0v) is 9.48. The van der Waals surface area contributed by atoms with Gasteiger partial charge in [-0.2, -0.15) is 4.28 Å². The first-order chi connectivity index (χ1) is 7.49. The lowest BCUT2D eigenvalue weighted by atomic mass is 10.1. The first-order valence-corrected chi connectivity index (χ1v) is 5.01. The van der Waals surface area contributed by atoms with E-state index in [1.54, 1.807) is 0 Å². The van der Waals surface area contributed by atoms with Crippen LogP contribution >= 0.6 is 12.9 Å². The van der Waals surface area contributed by atoms with Gasteiger partial charge in [-0.15, -0.1) is 5.17 Å². The summed E-state index contributed by atoms with van der Waals surface area (Å²) in [5, 5.41) is 8.79. The minimum absolute atomic E-state index is 0.0149. The molecule has 0 bridgehead atoms. The lowest BCUT2D eigenvalue weighted by molar-refractivity contribution is -0.154. The number of nitrogens with two attached hydrogens (primary N) is 1. The number of aliphatic carboxylic acids is 1. The van der Waals surface area contributed by atoms with Crippen LogP contribution in [-0.2, 0) is 18.7 Å². The lowest BCUT2D eigenvalue weighted by Crippen LogP contribution is -2.34. The van der Waals surface area contributed by atoms with Crippen molar-refractivity contribution in [2.75, 3.05) is 0 Å². The molecular weight excluding hydrogens is 236 g/mol. The molecule has 0 atom stereocenters. The van der Waals surface area contributed by atoms with Crippen LogP contribution in [0.3, 0.4) is 0 Å². The highest BCUT2D eigenvalue weighted by atomic mass is 32.1. The van der Waals surface area contributed by atoms with Crippen molar-refractivity contribution in [3.63, 3.8) is 0 Å². The van der Waals surface area contributed by atoms with Gasteiger partial charge < -0.3 is 5.11 Å². The molecule has 0 saturated heterocycles.